The van der Waals surface area contributed by atoms with Crippen LogP contribution in [0.25, 0.3) is 0 Å². The lowest BCUT2D eigenvalue weighted by Crippen LogP contribution is -2.27. The van der Waals surface area contributed by atoms with E-state index in [1.807, 2.05) is 38.4 Å². The molecule has 0 spiro atoms. The van der Waals surface area contributed by atoms with Crippen molar-refractivity contribution in [3.63, 3.8) is 0 Å². The number of likely N-dealkylation sites (N-methyl/N-ethyl adjacent to an activating group) is 1. The van der Waals surface area contributed by atoms with Crippen LogP contribution in [0.15, 0.2) is 47.1 Å². The minimum atomic E-state index is -0.214. The van der Waals surface area contributed by atoms with Crippen LogP contribution in [0.2, 0.25) is 0 Å². The minimum absolute atomic E-state index is 0.154. The van der Waals surface area contributed by atoms with Gasteiger partial charge >= 0.3 is 0 Å². The lowest BCUT2D eigenvalue weighted by Gasteiger charge is -2.25. The van der Waals surface area contributed by atoms with Gasteiger partial charge in [0.25, 0.3) is 0 Å². The molecule has 2 aromatic rings. The van der Waals surface area contributed by atoms with Crippen molar-refractivity contribution in [2.75, 3.05) is 26.0 Å². The Hall–Kier alpha value is -1.46. The summed E-state index contributed by atoms with van der Waals surface area (Å²) in [5, 5.41) is 3.30. The van der Waals surface area contributed by atoms with Crippen LogP contribution >= 0.6 is 15.9 Å². The van der Waals surface area contributed by atoms with Gasteiger partial charge in [0, 0.05) is 17.2 Å². The summed E-state index contributed by atoms with van der Waals surface area (Å²) in [6.07, 6.45) is 1.75. The number of aromatic nitrogens is 1. The molecule has 1 unspecified atom stereocenters. The number of hydrogen-bond donors (Lipinski definition) is 1. The van der Waals surface area contributed by atoms with Gasteiger partial charge in [-0.2, -0.15) is 0 Å². The van der Waals surface area contributed by atoms with Crippen molar-refractivity contribution < 1.29 is 4.39 Å². The Morgan fingerprint density at radius 2 is 1.90 bits per heavy atom. The Morgan fingerprint density at radius 1 is 1.20 bits per heavy atom. The second-order valence-corrected chi connectivity index (χ2v) is 5.69. The SMILES string of the molecule is CN(C)C(CNc1ccc(Br)cn1)c1ccc(F)cc1. The number of pyridine rings is 1. The molecular formula is C15H17BrFN3. The van der Waals surface area contributed by atoms with Crippen molar-refractivity contribution >= 4 is 21.7 Å². The highest BCUT2D eigenvalue weighted by Gasteiger charge is 2.14. The molecule has 1 heterocycles. The molecule has 0 saturated carbocycles. The van der Waals surface area contributed by atoms with Gasteiger partial charge in [-0.05, 0) is 59.9 Å². The van der Waals surface area contributed by atoms with E-state index in [0.717, 1.165) is 15.9 Å². The Bertz CT molecular complexity index is 540. The third-order valence-electron chi connectivity index (χ3n) is 3.08. The third-order valence-corrected chi connectivity index (χ3v) is 3.55. The lowest BCUT2D eigenvalue weighted by atomic mass is 10.1. The van der Waals surface area contributed by atoms with Gasteiger partial charge in [0.15, 0.2) is 0 Å². The average Bonchev–Trinajstić information content (AvgIpc) is 2.43. The van der Waals surface area contributed by atoms with Crippen LogP contribution in [0.1, 0.15) is 11.6 Å². The van der Waals surface area contributed by atoms with Crippen molar-refractivity contribution in [2.24, 2.45) is 0 Å². The first-order valence-corrected chi connectivity index (χ1v) is 7.13. The van der Waals surface area contributed by atoms with E-state index in [2.05, 4.69) is 31.1 Å². The summed E-state index contributed by atoms with van der Waals surface area (Å²) in [6, 6.07) is 10.6. The van der Waals surface area contributed by atoms with Gasteiger partial charge < -0.3 is 10.2 Å². The van der Waals surface area contributed by atoms with E-state index in [1.165, 1.54) is 12.1 Å². The fraction of sp³-hybridized carbons (Fsp3) is 0.267. The molecule has 0 amide bonds. The maximum atomic E-state index is 13.0. The van der Waals surface area contributed by atoms with Crippen LogP contribution in [-0.4, -0.2) is 30.5 Å². The van der Waals surface area contributed by atoms with Crippen molar-refractivity contribution in [3.8, 4) is 0 Å². The standard InChI is InChI=1S/C15H17BrFN3/c1-20(2)14(11-3-6-13(17)7-4-11)10-19-15-8-5-12(16)9-18-15/h3-9,14H,10H2,1-2H3,(H,18,19). The van der Waals surface area contributed by atoms with Crippen LogP contribution in [-0.2, 0) is 0 Å². The predicted molar refractivity (Wildman–Crippen MR) is 83.3 cm³/mol. The fourth-order valence-corrected chi connectivity index (χ4v) is 2.20. The number of halogens is 2. The summed E-state index contributed by atoms with van der Waals surface area (Å²) in [6.45, 7) is 0.702. The second kappa shape index (κ2) is 6.81. The number of hydrogen-bond acceptors (Lipinski definition) is 3. The first-order chi connectivity index (χ1) is 9.56. The summed E-state index contributed by atoms with van der Waals surface area (Å²) < 4.78 is 13.9. The highest BCUT2D eigenvalue weighted by molar-refractivity contribution is 9.10. The molecule has 0 aliphatic heterocycles. The van der Waals surface area contributed by atoms with Crippen LogP contribution in [0.3, 0.4) is 0 Å². The molecule has 0 bridgehead atoms. The summed E-state index contributed by atoms with van der Waals surface area (Å²) in [4.78, 5) is 6.38. The van der Waals surface area contributed by atoms with Gasteiger partial charge in [0.2, 0.25) is 0 Å². The summed E-state index contributed by atoms with van der Waals surface area (Å²) in [7, 11) is 4.01. The van der Waals surface area contributed by atoms with E-state index in [4.69, 9.17) is 0 Å². The Labute approximate surface area is 127 Å². The Balaban J connectivity index is 2.06. The molecule has 3 nitrogen and oxygen atoms in total. The number of benzene rings is 1. The maximum absolute atomic E-state index is 13.0. The van der Waals surface area contributed by atoms with E-state index in [-0.39, 0.29) is 11.9 Å². The van der Waals surface area contributed by atoms with E-state index < -0.39 is 0 Å². The molecule has 0 aliphatic carbocycles. The first kappa shape index (κ1) is 14.9. The highest BCUT2D eigenvalue weighted by atomic mass is 79.9. The van der Waals surface area contributed by atoms with Gasteiger partial charge in [0.1, 0.15) is 11.6 Å². The smallest absolute Gasteiger partial charge is 0.126 e. The minimum Gasteiger partial charge on any atom is -0.368 e. The number of nitrogens with one attached hydrogen (secondary N) is 1. The molecule has 2 rings (SSSR count). The number of rotatable bonds is 5. The molecule has 0 radical (unpaired) electrons. The molecule has 1 aromatic heterocycles. The summed E-state index contributed by atoms with van der Waals surface area (Å²) in [5.41, 5.74) is 1.07. The normalized spacial score (nSPS) is 12.4. The fourth-order valence-electron chi connectivity index (χ4n) is 1.97. The summed E-state index contributed by atoms with van der Waals surface area (Å²) >= 11 is 3.36. The zero-order chi connectivity index (χ0) is 14.5. The highest BCUT2D eigenvalue weighted by Crippen LogP contribution is 2.19. The quantitative estimate of drug-likeness (QED) is 0.901. The molecular weight excluding hydrogens is 321 g/mol. The molecule has 1 N–H and O–H groups in total. The monoisotopic (exact) mass is 337 g/mol. The Kier molecular flexibility index (Phi) is 5.09. The third kappa shape index (κ3) is 4.02. The number of nitrogens with zero attached hydrogens (tertiary/aromatic N) is 2. The van der Waals surface area contributed by atoms with Gasteiger partial charge in [0.05, 0.1) is 6.04 Å². The molecule has 1 aromatic carbocycles. The van der Waals surface area contributed by atoms with Crippen molar-refractivity contribution in [1.29, 1.82) is 0 Å². The van der Waals surface area contributed by atoms with Crippen LogP contribution in [0.5, 0.6) is 0 Å². The predicted octanol–water partition coefficient (Wildman–Crippen LogP) is 3.70. The lowest BCUT2D eigenvalue weighted by molar-refractivity contribution is 0.311. The molecule has 5 heteroatoms. The van der Waals surface area contributed by atoms with E-state index in [0.29, 0.717) is 6.54 Å². The number of anilines is 1. The van der Waals surface area contributed by atoms with E-state index in [1.54, 1.807) is 6.20 Å². The topological polar surface area (TPSA) is 28.2 Å². The molecule has 106 valence electrons. The molecule has 0 aliphatic rings. The average molecular weight is 338 g/mol. The second-order valence-electron chi connectivity index (χ2n) is 4.77. The van der Waals surface area contributed by atoms with E-state index in [9.17, 15) is 4.39 Å². The van der Waals surface area contributed by atoms with Crippen LogP contribution < -0.4 is 5.32 Å². The van der Waals surface area contributed by atoms with Crippen molar-refractivity contribution in [3.05, 3.63) is 58.4 Å². The van der Waals surface area contributed by atoms with Crippen molar-refractivity contribution in [2.45, 2.75) is 6.04 Å². The molecule has 1 atom stereocenters. The van der Waals surface area contributed by atoms with Gasteiger partial charge in [-0.15, -0.1) is 0 Å². The van der Waals surface area contributed by atoms with Crippen molar-refractivity contribution in [1.82, 2.24) is 9.88 Å². The van der Waals surface area contributed by atoms with Gasteiger partial charge in [-0.1, -0.05) is 12.1 Å². The zero-order valence-corrected chi connectivity index (χ0v) is 13.1. The van der Waals surface area contributed by atoms with Crippen LogP contribution in [0.4, 0.5) is 10.2 Å². The molecule has 0 fully saturated rings. The molecule has 0 saturated heterocycles. The van der Waals surface area contributed by atoms with E-state index >= 15 is 0 Å². The Morgan fingerprint density at radius 3 is 2.45 bits per heavy atom. The zero-order valence-electron chi connectivity index (χ0n) is 11.5. The van der Waals surface area contributed by atoms with Crippen LogP contribution in [0, 0.1) is 5.82 Å². The maximum Gasteiger partial charge on any atom is 0.126 e. The summed E-state index contributed by atoms with van der Waals surface area (Å²) in [5.74, 6) is 0.607. The van der Waals surface area contributed by atoms with Gasteiger partial charge in [-0.3, -0.25) is 0 Å². The first-order valence-electron chi connectivity index (χ1n) is 6.33. The molecule has 20 heavy (non-hydrogen) atoms. The van der Waals surface area contributed by atoms with Gasteiger partial charge in [-0.25, -0.2) is 9.37 Å². The largest absolute Gasteiger partial charge is 0.368 e.